The molecule has 3 atom stereocenters. The van der Waals surface area contributed by atoms with Gasteiger partial charge in [-0.3, -0.25) is 0 Å². The predicted molar refractivity (Wildman–Crippen MR) is 92.8 cm³/mol. The van der Waals surface area contributed by atoms with E-state index in [1.54, 1.807) is 0 Å². The first kappa shape index (κ1) is 16.5. The highest BCUT2D eigenvalue weighted by atomic mass is 16.1. The summed E-state index contributed by atoms with van der Waals surface area (Å²) in [5.74, 6) is 2.97. The summed E-state index contributed by atoms with van der Waals surface area (Å²) < 4.78 is 0. The van der Waals surface area contributed by atoms with Crippen molar-refractivity contribution in [2.45, 2.75) is 96.8 Å². The van der Waals surface area contributed by atoms with Gasteiger partial charge in [0.15, 0.2) is 0 Å². The van der Waals surface area contributed by atoms with Gasteiger partial charge in [0.1, 0.15) is 6.29 Å². The molecule has 3 aliphatic carbocycles. The number of carbonyl (C=O) groups is 1. The van der Waals surface area contributed by atoms with Crippen molar-refractivity contribution in [1.82, 2.24) is 0 Å². The molecule has 3 unspecified atom stereocenters. The summed E-state index contributed by atoms with van der Waals surface area (Å²) in [4.78, 5) is 12.0. The zero-order chi connectivity index (χ0) is 15.4. The number of rotatable bonds is 4. The van der Waals surface area contributed by atoms with Crippen molar-refractivity contribution < 1.29 is 4.79 Å². The van der Waals surface area contributed by atoms with Gasteiger partial charge in [0.25, 0.3) is 0 Å². The fraction of sp³-hybridized carbons (Fsp3) is 0.952. The van der Waals surface area contributed by atoms with Crippen LogP contribution in [0.2, 0.25) is 0 Å². The lowest BCUT2D eigenvalue weighted by atomic mass is 9.59. The van der Waals surface area contributed by atoms with E-state index in [0.29, 0.717) is 17.3 Å². The highest BCUT2D eigenvalue weighted by Crippen LogP contribution is 2.50. The van der Waals surface area contributed by atoms with E-state index < -0.39 is 0 Å². The van der Waals surface area contributed by atoms with E-state index in [1.807, 2.05) is 0 Å². The smallest absolute Gasteiger partial charge is 0.123 e. The average Bonchev–Trinajstić information content (AvgIpc) is 2.57. The van der Waals surface area contributed by atoms with Crippen molar-refractivity contribution in [1.29, 1.82) is 0 Å². The first-order valence-corrected chi connectivity index (χ1v) is 10.2. The number of hydrogen-bond donors (Lipinski definition) is 0. The van der Waals surface area contributed by atoms with Gasteiger partial charge in [-0.15, -0.1) is 0 Å². The Kier molecular flexibility index (Phi) is 5.63. The molecular weight excluding hydrogens is 268 g/mol. The molecule has 3 fully saturated rings. The van der Waals surface area contributed by atoms with Crippen molar-refractivity contribution >= 4 is 6.29 Å². The standard InChI is InChI=1S/C21H36O/c1-21(13-6-3-7-14-21)20(16-22)19-12-8-11-18(15-19)17-9-4-2-5-10-17/h16-20H,2-15H2,1H3. The topological polar surface area (TPSA) is 17.1 Å². The van der Waals surface area contributed by atoms with E-state index in [2.05, 4.69) is 6.92 Å². The largest absolute Gasteiger partial charge is 0.303 e. The third kappa shape index (κ3) is 3.60. The molecule has 3 aliphatic rings. The minimum Gasteiger partial charge on any atom is -0.303 e. The monoisotopic (exact) mass is 304 g/mol. The van der Waals surface area contributed by atoms with Gasteiger partial charge in [-0.2, -0.15) is 0 Å². The molecule has 0 aromatic rings. The zero-order valence-corrected chi connectivity index (χ0v) is 14.7. The van der Waals surface area contributed by atoms with Crippen molar-refractivity contribution in [2.24, 2.45) is 29.1 Å². The normalized spacial score (nSPS) is 35.0. The predicted octanol–water partition coefficient (Wildman–Crippen LogP) is 6.16. The molecule has 1 heteroatoms. The molecule has 3 rings (SSSR count). The van der Waals surface area contributed by atoms with E-state index in [4.69, 9.17) is 0 Å². The van der Waals surface area contributed by atoms with Gasteiger partial charge in [0, 0.05) is 5.92 Å². The summed E-state index contributed by atoms with van der Waals surface area (Å²) in [7, 11) is 0. The van der Waals surface area contributed by atoms with Crippen LogP contribution in [-0.2, 0) is 4.79 Å². The molecular formula is C21H36O. The molecule has 0 aromatic carbocycles. The zero-order valence-electron chi connectivity index (χ0n) is 14.7. The number of carbonyl (C=O) groups excluding carboxylic acids is 1. The summed E-state index contributed by atoms with van der Waals surface area (Å²) in [6, 6.07) is 0. The summed E-state index contributed by atoms with van der Waals surface area (Å²) in [6.45, 7) is 2.43. The molecule has 0 aromatic heterocycles. The van der Waals surface area contributed by atoms with Crippen LogP contribution in [0.5, 0.6) is 0 Å². The third-order valence-electron chi connectivity index (χ3n) is 7.53. The molecule has 126 valence electrons. The van der Waals surface area contributed by atoms with Gasteiger partial charge in [0.2, 0.25) is 0 Å². The second-order valence-electron chi connectivity index (χ2n) is 8.96. The SMILES string of the molecule is CC1(C(C=O)C2CCCC(C3CCCCC3)C2)CCCCC1. The van der Waals surface area contributed by atoms with Crippen molar-refractivity contribution in [3.8, 4) is 0 Å². The lowest BCUT2D eigenvalue weighted by Gasteiger charge is -2.45. The van der Waals surface area contributed by atoms with Crippen LogP contribution >= 0.6 is 0 Å². The van der Waals surface area contributed by atoms with Crippen LogP contribution in [0.4, 0.5) is 0 Å². The quantitative estimate of drug-likeness (QED) is 0.568. The van der Waals surface area contributed by atoms with Crippen LogP contribution in [0, 0.1) is 29.1 Å². The summed E-state index contributed by atoms with van der Waals surface area (Å²) in [5.41, 5.74) is 0.319. The van der Waals surface area contributed by atoms with Gasteiger partial charge in [-0.05, 0) is 48.9 Å². The van der Waals surface area contributed by atoms with E-state index in [0.717, 1.165) is 11.8 Å². The molecule has 0 bridgehead atoms. The van der Waals surface area contributed by atoms with Crippen LogP contribution < -0.4 is 0 Å². The Labute approximate surface area is 137 Å². The van der Waals surface area contributed by atoms with Crippen LogP contribution in [0.3, 0.4) is 0 Å². The minimum atomic E-state index is 0.319. The molecule has 1 nitrogen and oxygen atoms in total. The second kappa shape index (κ2) is 7.49. The van der Waals surface area contributed by atoms with Crippen molar-refractivity contribution in [3.63, 3.8) is 0 Å². The van der Waals surface area contributed by atoms with Crippen LogP contribution in [0.15, 0.2) is 0 Å². The fourth-order valence-electron chi connectivity index (χ4n) is 6.16. The van der Waals surface area contributed by atoms with Gasteiger partial charge >= 0.3 is 0 Å². The Bertz CT molecular complexity index is 349. The number of aldehydes is 1. The van der Waals surface area contributed by atoms with Gasteiger partial charge < -0.3 is 4.79 Å². The maximum atomic E-state index is 12.0. The van der Waals surface area contributed by atoms with Gasteiger partial charge in [-0.1, -0.05) is 71.1 Å². The molecule has 0 aliphatic heterocycles. The molecule has 0 spiro atoms. The van der Waals surface area contributed by atoms with E-state index in [-0.39, 0.29) is 0 Å². The van der Waals surface area contributed by atoms with Gasteiger partial charge in [0.05, 0.1) is 0 Å². The molecule has 0 N–H and O–H groups in total. The average molecular weight is 305 g/mol. The molecule has 22 heavy (non-hydrogen) atoms. The van der Waals surface area contributed by atoms with Gasteiger partial charge in [-0.25, -0.2) is 0 Å². The first-order valence-electron chi connectivity index (χ1n) is 10.2. The molecule has 0 saturated heterocycles. The Balaban J connectivity index is 1.65. The Hall–Kier alpha value is -0.330. The third-order valence-corrected chi connectivity index (χ3v) is 7.53. The van der Waals surface area contributed by atoms with Crippen molar-refractivity contribution in [3.05, 3.63) is 0 Å². The summed E-state index contributed by atoms with van der Waals surface area (Å²) in [5, 5.41) is 0. The van der Waals surface area contributed by atoms with E-state index in [9.17, 15) is 4.79 Å². The molecule has 0 heterocycles. The second-order valence-corrected chi connectivity index (χ2v) is 8.96. The Morgan fingerprint density at radius 1 is 0.818 bits per heavy atom. The van der Waals surface area contributed by atoms with Crippen LogP contribution in [0.25, 0.3) is 0 Å². The van der Waals surface area contributed by atoms with E-state index in [1.165, 1.54) is 96.2 Å². The molecule has 3 saturated carbocycles. The highest BCUT2D eigenvalue weighted by molar-refractivity contribution is 5.55. The molecule has 0 amide bonds. The van der Waals surface area contributed by atoms with E-state index >= 15 is 0 Å². The van der Waals surface area contributed by atoms with Crippen LogP contribution in [-0.4, -0.2) is 6.29 Å². The summed E-state index contributed by atoms with van der Waals surface area (Å²) in [6.07, 6.45) is 20.9. The Morgan fingerprint density at radius 2 is 1.45 bits per heavy atom. The Morgan fingerprint density at radius 3 is 2.14 bits per heavy atom. The molecule has 0 radical (unpaired) electrons. The summed E-state index contributed by atoms with van der Waals surface area (Å²) >= 11 is 0. The first-order chi connectivity index (χ1) is 10.7. The van der Waals surface area contributed by atoms with Crippen molar-refractivity contribution in [2.75, 3.05) is 0 Å². The minimum absolute atomic E-state index is 0.319. The van der Waals surface area contributed by atoms with Crippen LogP contribution in [0.1, 0.15) is 96.8 Å². The highest BCUT2D eigenvalue weighted by Gasteiger charge is 2.42. The maximum Gasteiger partial charge on any atom is 0.123 e. The lowest BCUT2D eigenvalue weighted by molar-refractivity contribution is -0.119. The lowest BCUT2D eigenvalue weighted by Crippen LogP contribution is -2.39. The maximum absolute atomic E-state index is 12.0. The fourth-order valence-corrected chi connectivity index (χ4v) is 6.16. The number of hydrogen-bond acceptors (Lipinski definition) is 1.